The Morgan fingerprint density at radius 3 is 2.67 bits per heavy atom. The number of fused-ring (bicyclic) bond motifs is 4. The first-order valence-corrected chi connectivity index (χ1v) is 9.81. The maximum absolute atomic E-state index is 13.5. The number of hydrogen-bond donors (Lipinski definition) is 2. The van der Waals surface area contributed by atoms with Crippen LogP contribution in [0.25, 0.3) is 0 Å². The van der Waals surface area contributed by atoms with E-state index in [0.717, 1.165) is 0 Å². The van der Waals surface area contributed by atoms with Crippen LogP contribution < -0.4 is 11.1 Å². The van der Waals surface area contributed by atoms with Gasteiger partial charge in [0.2, 0.25) is 11.6 Å². The average molecular weight is 421 g/mol. The van der Waals surface area contributed by atoms with Crippen LogP contribution >= 0.6 is 0 Å². The van der Waals surface area contributed by atoms with Gasteiger partial charge in [0.15, 0.2) is 17.8 Å². The summed E-state index contributed by atoms with van der Waals surface area (Å²) in [4.78, 5) is 39.9. The fourth-order valence-corrected chi connectivity index (χ4v) is 5.10. The highest BCUT2D eigenvalue weighted by Gasteiger charge is 2.72. The van der Waals surface area contributed by atoms with Crippen LogP contribution in [0.2, 0.25) is 0 Å². The van der Waals surface area contributed by atoms with Crippen molar-refractivity contribution >= 4 is 17.7 Å². The van der Waals surface area contributed by atoms with Gasteiger partial charge < -0.3 is 39.6 Å². The number of nitrogens with one attached hydrogen (secondary N) is 1. The van der Waals surface area contributed by atoms with Gasteiger partial charge >= 0.3 is 6.09 Å². The molecule has 0 bridgehead atoms. The van der Waals surface area contributed by atoms with Gasteiger partial charge in [-0.1, -0.05) is 0 Å². The number of amides is 1. The normalized spacial score (nSPS) is 35.0. The lowest BCUT2D eigenvalue weighted by Crippen LogP contribution is -2.55. The molecule has 0 spiro atoms. The zero-order chi connectivity index (χ0) is 21.2. The van der Waals surface area contributed by atoms with Gasteiger partial charge in [0, 0.05) is 30.8 Å². The number of rotatable bonds is 6. The van der Waals surface area contributed by atoms with Crippen molar-refractivity contribution in [3.63, 3.8) is 0 Å². The Morgan fingerprint density at radius 1 is 1.27 bits per heavy atom. The third-order valence-electron chi connectivity index (χ3n) is 6.43. The molecule has 5 aliphatic rings. The van der Waals surface area contributed by atoms with E-state index in [1.54, 1.807) is 6.92 Å². The van der Waals surface area contributed by atoms with E-state index in [1.807, 2.05) is 4.90 Å². The number of ketones is 2. The predicted octanol–water partition coefficient (Wildman–Crippen LogP) is -1.22. The number of carbonyl (C=O) groups is 3. The summed E-state index contributed by atoms with van der Waals surface area (Å²) in [5.74, 6) is -1.48. The van der Waals surface area contributed by atoms with E-state index in [4.69, 9.17) is 29.4 Å². The molecule has 11 nitrogen and oxygen atoms in total. The molecule has 3 N–H and O–H groups in total. The van der Waals surface area contributed by atoms with E-state index in [0.29, 0.717) is 19.8 Å². The summed E-state index contributed by atoms with van der Waals surface area (Å²) in [6, 6.07) is 0.0386. The summed E-state index contributed by atoms with van der Waals surface area (Å²) in [7, 11) is 1.52. The van der Waals surface area contributed by atoms with Crippen LogP contribution in [-0.4, -0.2) is 86.7 Å². The first-order valence-electron chi connectivity index (χ1n) is 9.81. The van der Waals surface area contributed by atoms with E-state index < -0.39 is 29.8 Å². The summed E-state index contributed by atoms with van der Waals surface area (Å²) in [5, 5.41) is 3.31. The number of primary amides is 1. The smallest absolute Gasteiger partial charge is 0.404 e. The number of allylic oxidation sites excluding steroid dienone is 2. The van der Waals surface area contributed by atoms with Crippen LogP contribution in [0, 0.1) is 5.92 Å². The van der Waals surface area contributed by atoms with Crippen molar-refractivity contribution in [1.29, 1.82) is 0 Å². The molecule has 0 aromatic rings. The minimum absolute atomic E-state index is 0.0118. The number of ether oxygens (including phenoxy) is 5. The molecule has 0 aromatic heterocycles. The highest BCUT2D eigenvalue weighted by molar-refractivity contribution is 6.25. The van der Waals surface area contributed by atoms with E-state index in [9.17, 15) is 14.4 Å². The first-order chi connectivity index (χ1) is 14.4. The molecule has 1 aliphatic carbocycles. The van der Waals surface area contributed by atoms with E-state index in [1.165, 1.54) is 7.11 Å². The molecule has 1 amide bonds. The Kier molecular flexibility index (Phi) is 4.40. The van der Waals surface area contributed by atoms with Crippen LogP contribution in [-0.2, 0) is 33.3 Å². The third-order valence-corrected chi connectivity index (χ3v) is 6.43. The van der Waals surface area contributed by atoms with Gasteiger partial charge in [-0.15, -0.1) is 0 Å². The third kappa shape index (κ3) is 2.56. The fraction of sp³-hybridized carbons (Fsp3) is 0.632. The molecule has 3 fully saturated rings. The highest BCUT2D eigenvalue weighted by atomic mass is 16.7. The molecule has 4 atom stereocenters. The lowest BCUT2D eigenvalue weighted by atomic mass is 9.83. The van der Waals surface area contributed by atoms with E-state index in [2.05, 4.69) is 5.32 Å². The summed E-state index contributed by atoms with van der Waals surface area (Å²) in [5.41, 5.74) is 4.89. The van der Waals surface area contributed by atoms with Crippen LogP contribution in [0.5, 0.6) is 0 Å². The summed E-state index contributed by atoms with van der Waals surface area (Å²) in [6.45, 7) is 2.76. The first kappa shape index (κ1) is 19.5. The molecule has 30 heavy (non-hydrogen) atoms. The summed E-state index contributed by atoms with van der Waals surface area (Å²) in [6.07, 6.45) is -1.56. The predicted molar refractivity (Wildman–Crippen MR) is 97.6 cm³/mol. The van der Waals surface area contributed by atoms with Crippen LogP contribution in [0.4, 0.5) is 4.79 Å². The van der Waals surface area contributed by atoms with Crippen molar-refractivity contribution in [2.45, 2.75) is 31.0 Å². The Hall–Kier alpha value is -2.47. The number of piperazine rings is 1. The quantitative estimate of drug-likeness (QED) is 0.395. The van der Waals surface area contributed by atoms with Crippen LogP contribution in [0.1, 0.15) is 6.92 Å². The lowest BCUT2D eigenvalue weighted by molar-refractivity contribution is -0.137. The van der Waals surface area contributed by atoms with E-state index >= 15 is 0 Å². The van der Waals surface area contributed by atoms with E-state index in [-0.39, 0.29) is 53.7 Å². The van der Waals surface area contributed by atoms with Crippen LogP contribution in [0.3, 0.4) is 0 Å². The van der Waals surface area contributed by atoms with Crippen molar-refractivity contribution in [2.75, 3.05) is 40.1 Å². The molecular weight excluding hydrogens is 398 g/mol. The van der Waals surface area contributed by atoms with Crippen molar-refractivity contribution in [3.8, 4) is 0 Å². The minimum atomic E-state index is -1.01. The molecule has 11 heteroatoms. The molecule has 3 unspecified atom stereocenters. The zero-order valence-electron chi connectivity index (χ0n) is 16.6. The molecule has 0 saturated carbocycles. The molecule has 0 radical (unpaired) electrons. The summed E-state index contributed by atoms with van der Waals surface area (Å²) >= 11 is 0. The number of hydrogen-bond acceptors (Lipinski definition) is 10. The van der Waals surface area contributed by atoms with Crippen molar-refractivity contribution in [2.24, 2.45) is 11.7 Å². The van der Waals surface area contributed by atoms with Gasteiger partial charge in [-0.05, 0) is 6.92 Å². The second kappa shape index (κ2) is 6.77. The largest absolute Gasteiger partial charge is 0.484 e. The standard InChI is InChI=1S/C19H23N3O8/c1-8-14(23)13-12(15(24)16(8)29-7-11-27-3-4-28-11)9(6-30-18(20)25)19(26-2)17-10(21-17)5-22(13)19/h9-11,17,21H,3-7H2,1-2H3,(H2,20,25)/t9?,10?,17?,19-/m1/s1. The monoisotopic (exact) mass is 421 g/mol. The number of carbonyl (C=O) groups excluding carboxylic acids is 3. The zero-order valence-corrected chi connectivity index (χ0v) is 16.6. The molecule has 4 heterocycles. The fourth-order valence-electron chi connectivity index (χ4n) is 5.10. The SMILES string of the molecule is CO[C@@]12C(COC(N)=O)C3=C(C(=O)C(C)=C(OCC4OCCO4)C3=O)N1CC1NC12. The second-order valence-corrected chi connectivity index (χ2v) is 7.86. The van der Waals surface area contributed by atoms with Crippen molar-refractivity contribution < 1.29 is 38.1 Å². The molecule has 162 valence electrons. The van der Waals surface area contributed by atoms with Gasteiger partial charge in [-0.3, -0.25) is 9.59 Å². The molecule has 4 aliphatic heterocycles. The second-order valence-electron chi connectivity index (χ2n) is 7.86. The van der Waals surface area contributed by atoms with Gasteiger partial charge in [0.1, 0.15) is 13.2 Å². The van der Waals surface area contributed by atoms with Crippen molar-refractivity contribution in [3.05, 3.63) is 22.6 Å². The lowest BCUT2D eigenvalue weighted by Gasteiger charge is -2.39. The summed E-state index contributed by atoms with van der Waals surface area (Å²) < 4.78 is 27.4. The highest BCUT2D eigenvalue weighted by Crippen LogP contribution is 2.55. The van der Waals surface area contributed by atoms with Crippen LogP contribution in [0.15, 0.2) is 22.6 Å². The topological polar surface area (TPSA) is 149 Å². The number of nitrogens with zero attached hydrogens (tertiary/aromatic N) is 1. The maximum atomic E-state index is 13.5. The van der Waals surface area contributed by atoms with Gasteiger partial charge in [-0.2, -0.15) is 0 Å². The number of methoxy groups -OCH3 is 1. The Balaban J connectivity index is 1.50. The minimum Gasteiger partial charge on any atom is -0.484 e. The Bertz CT molecular complexity index is 892. The molecule has 3 saturated heterocycles. The maximum Gasteiger partial charge on any atom is 0.404 e. The average Bonchev–Trinajstić information content (AvgIpc) is 3.08. The Labute approximate surface area is 172 Å². The number of Topliss-reactive ketones (excluding diaryl/α,β-unsaturated/α-hetero) is 2. The Morgan fingerprint density at radius 2 is 2.00 bits per heavy atom. The molecule has 0 aromatic carbocycles. The molecule has 5 rings (SSSR count). The van der Waals surface area contributed by atoms with Crippen molar-refractivity contribution in [1.82, 2.24) is 10.2 Å². The molecular formula is C19H23N3O8. The van der Waals surface area contributed by atoms with Gasteiger partial charge in [0.05, 0.1) is 30.9 Å². The van der Waals surface area contributed by atoms with Gasteiger partial charge in [-0.25, -0.2) is 4.79 Å². The van der Waals surface area contributed by atoms with Gasteiger partial charge in [0.25, 0.3) is 0 Å². The number of nitrogens with two attached hydrogens (primary N) is 1.